The van der Waals surface area contributed by atoms with E-state index in [4.69, 9.17) is 31.5 Å². The van der Waals surface area contributed by atoms with Crippen LogP contribution in [0.1, 0.15) is 77.8 Å². The number of aryl methyl sites for hydroxylation is 2. The van der Waals surface area contributed by atoms with Crippen molar-refractivity contribution in [1.29, 1.82) is 0 Å². The van der Waals surface area contributed by atoms with Crippen molar-refractivity contribution in [1.82, 2.24) is 15.4 Å². The molecule has 7 radical (unpaired) electrons. The van der Waals surface area contributed by atoms with Crippen LogP contribution in [0.25, 0.3) is 0 Å². The number of carbonyl (C=O) groups is 2. The maximum atomic E-state index is 10.8. The molecule has 0 fully saturated rings. The van der Waals surface area contributed by atoms with Crippen molar-refractivity contribution in [3.05, 3.63) is 77.0 Å². The molecule has 0 aliphatic rings. The number of carboxylic acids is 2. The van der Waals surface area contributed by atoms with Gasteiger partial charge in [0.2, 0.25) is 20.2 Å². The van der Waals surface area contributed by atoms with E-state index in [0.717, 1.165) is 68.7 Å². The smallest absolute Gasteiger partial charge is 0.409 e. The van der Waals surface area contributed by atoms with Gasteiger partial charge >= 0.3 is 21.9 Å². The third-order valence-electron chi connectivity index (χ3n) is 5.43. The average Bonchev–Trinajstić information content (AvgIpc) is 3.01. The van der Waals surface area contributed by atoms with E-state index in [2.05, 4.69) is 43.9 Å². The molecule has 43 heavy (non-hydrogen) atoms. The number of aromatic nitrogens is 3. The minimum Gasteiger partial charge on any atom is -0.478 e. The predicted molar refractivity (Wildman–Crippen MR) is 171 cm³/mol. The van der Waals surface area contributed by atoms with Crippen molar-refractivity contribution < 1.29 is 28.0 Å². The van der Waals surface area contributed by atoms with Crippen LogP contribution in [-0.2, 0) is 21.1 Å². The molecule has 3 aromatic rings. The maximum absolute atomic E-state index is 10.8. The SMILES string of the molecule is CCCCc1ccccc1C(=O)O.CCCCc1ccccc1C(=O)O.NCCC[Si]O[Si]O[Si].Nc1cnnnc1N. The van der Waals surface area contributed by atoms with Crippen LogP contribution in [0.5, 0.6) is 0 Å². The Hall–Kier alpha value is -3.48. The number of unbranched alkanes of at least 4 members (excludes halogenated alkanes) is 2. The van der Waals surface area contributed by atoms with Gasteiger partial charge in [-0.3, -0.25) is 0 Å². The van der Waals surface area contributed by atoms with Gasteiger partial charge in [0.1, 0.15) is 0 Å². The van der Waals surface area contributed by atoms with Crippen LogP contribution in [0.2, 0.25) is 6.04 Å². The Balaban J connectivity index is 0.000000559. The van der Waals surface area contributed by atoms with E-state index in [1.165, 1.54) is 6.20 Å². The van der Waals surface area contributed by atoms with Crippen molar-refractivity contribution in [3.63, 3.8) is 0 Å². The van der Waals surface area contributed by atoms with E-state index in [9.17, 15) is 9.59 Å². The van der Waals surface area contributed by atoms with Crippen molar-refractivity contribution in [2.45, 2.75) is 64.8 Å². The Morgan fingerprint density at radius 1 is 0.884 bits per heavy atom. The summed E-state index contributed by atoms with van der Waals surface area (Å²) in [6.45, 7) is 4.95. The lowest BCUT2D eigenvalue weighted by atomic mass is 10.0. The molecule has 0 aliphatic carbocycles. The highest BCUT2D eigenvalue weighted by Crippen LogP contribution is 2.12. The monoisotopic (exact) mass is 641 g/mol. The zero-order valence-corrected chi connectivity index (χ0v) is 27.7. The fourth-order valence-corrected chi connectivity index (χ4v) is 4.72. The third-order valence-corrected chi connectivity index (χ3v) is 7.23. The molecule has 1 aromatic heterocycles. The van der Waals surface area contributed by atoms with Gasteiger partial charge in [-0.05, 0) is 73.2 Å². The summed E-state index contributed by atoms with van der Waals surface area (Å²) in [6.07, 6.45) is 8.38. The van der Waals surface area contributed by atoms with Crippen molar-refractivity contribution in [3.8, 4) is 0 Å². The summed E-state index contributed by atoms with van der Waals surface area (Å²) in [5, 5.41) is 27.7. The molecule has 3 rings (SSSR count). The van der Waals surface area contributed by atoms with Gasteiger partial charge in [-0.2, -0.15) is 0 Å². The zero-order valence-electron chi connectivity index (χ0n) is 24.7. The molecule has 1 heterocycles. The van der Waals surface area contributed by atoms with Gasteiger partial charge in [0.25, 0.3) is 0 Å². The molecule has 0 aliphatic heterocycles. The number of nitrogens with two attached hydrogens (primary N) is 3. The first-order valence-corrected chi connectivity index (χ1v) is 16.0. The molecule has 0 spiro atoms. The lowest BCUT2D eigenvalue weighted by Gasteiger charge is -2.03. The van der Waals surface area contributed by atoms with Gasteiger partial charge in [0.05, 0.1) is 23.0 Å². The topological polar surface area (TPSA) is 210 Å². The molecule has 0 saturated heterocycles. The van der Waals surface area contributed by atoms with Gasteiger partial charge in [0, 0.05) is 0 Å². The maximum Gasteiger partial charge on any atom is 0.409 e. The highest BCUT2D eigenvalue weighted by molar-refractivity contribution is 6.41. The molecule has 15 heteroatoms. The molecule has 0 atom stereocenters. The summed E-state index contributed by atoms with van der Waals surface area (Å²) in [5.41, 5.74) is 18.8. The van der Waals surface area contributed by atoms with E-state index >= 15 is 0 Å². The molecule has 2 aromatic carbocycles. The van der Waals surface area contributed by atoms with Crippen LogP contribution in [0.4, 0.5) is 11.5 Å². The number of nitrogen functional groups attached to an aromatic ring is 2. The molecule has 12 nitrogen and oxygen atoms in total. The number of aromatic carboxylic acids is 2. The number of rotatable bonds is 14. The van der Waals surface area contributed by atoms with Crippen LogP contribution >= 0.6 is 0 Å². The Bertz CT molecular complexity index is 1090. The molecule has 0 unspecified atom stereocenters. The number of benzene rings is 2. The summed E-state index contributed by atoms with van der Waals surface area (Å²) in [6, 6.07) is 15.4. The number of carboxylic acid groups (broad SMARTS) is 2. The van der Waals surface area contributed by atoms with E-state index < -0.39 is 11.9 Å². The highest BCUT2D eigenvalue weighted by Gasteiger charge is 2.08. The first kappa shape index (κ1) is 39.5. The minimum absolute atomic E-state index is 0.111. The van der Waals surface area contributed by atoms with Crippen LogP contribution in [0, 0.1) is 0 Å². The molecular weight excluding hydrogens is 601 g/mol. The van der Waals surface area contributed by atoms with Gasteiger partial charge in [-0.25, -0.2) is 9.59 Å². The number of hydrogen-bond acceptors (Lipinski definition) is 10. The predicted octanol–water partition coefficient (Wildman–Crippen LogP) is 3.51. The number of nitrogens with zero attached hydrogens (tertiary/aromatic N) is 3. The standard InChI is InChI=1S/2C11H14O2.C3H5N5.C3H8NO2Si3/c2*1-2-3-6-9-7-4-5-8-10(9)11(12)13;4-2-1-6-8-7-3(2)5;4-2-1-3-8-6-9-5-7/h2*4-5,7-8H,2-3,6H2,1H3,(H,12,13);1H,(H2,4,8)(H2,5,6,7);1-4H2. The summed E-state index contributed by atoms with van der Waals surface area (Å²) in [5.74, 6) is -1.43. The largest absolute Gasteiger partial charge is 0.478 e. The van der Waals surface area contributed by atoms with Crippen LogP contribution in [0.3, 0.4) is 0 Å². The molecule has 8 N–H and O–H groups in total. The second-order valence-corrected chi connectivity index (χ2v) is 11.3. The van der Waals surface area contributed by atoms with Crippen LogP contribution < -0.4 is 17.2 Å². The molecular formula is C28H41N6O6Si3. The van der Waals surface area contributed by atoms with E-state index in [1.54, 1.807) is 24.3 Å². The Morgan fingerprint density at radius 2 is 1.40 bits per heavy atom. The summed E-state index contributed by atoms with van der Waals surface area (Å²) >= 11 is 0. The second kappa shape index (κ2) is 26.2. The third kappa shape index (κ3) is 19.4. The molecule has 0 bridgehead atoms. The second-order valence-electron chi connectivity index (χ2n) is 8.73. The average molecular weight is 642 g/mol. The van der Waals surface area contributed by atoms with Gasteiger partial charge in [-0.1, -0.05) is 63.1 Å². The zero-order chi connectivity index (χ0) is 32.3. The minimum atomic E-state index is -0.827. The first-order chi connectivity index (χ1) is 20.7. The van der Waals surface area contributed by atoms with E-state index in [0.29, 0.717) is 26.6 Å². The number of hydrogen-bond donors (Lipinski definition) is 5. The fraction of sp³-hybridized carbons (Fsp3) is 0.393. The molecule has 0 amide bonds. The van der Waals surface area contributed by atoms with Gasteiger partial charge < -0.3 is 35.6 Å². The van der Waals surface area contributed by atoms with Crippen LogP contribution in [0.15, 0.2) is 54.7 Å². The highest BCUT2D eigenvalue weighted by atomic mass is 28.3. The van der Waals surface area contributed by atoms with Crippen molar-refractivity contribution in [2.24, 2.45) is 5.73 Å². The Kier molecular flexibility index (Phi) is 24.1. The lowest BCUT2D eigenvalue weighted by Crippen LogP contribution is -2.08. The van der Waals surface area contributed by atoms with Gasteiger partial charge in [0.15, 0.2) is 5.82 Å². The molecule has 231 valence electrons. The summed E-state index contributed by atoms with van der Waals surface area (Å²) in [4.78, 5) is 21.6. The normalized spacial score (nSPS) is 9.77. The lowest BCUT2D eigenvalue weighted by molar-refractivity contribution is 0.0684. The Labute approximate surface area is 262 Å². The van der Waals surface area contributed by atoms with Crippen molar-refractivity contribution in [2.75, 3.05) is 18.0 Å². The first-order valence-electron chi connectivity index (χ1n) is 13.7. The molecule has 0 saturated carbocycles. The summed E-state index contributed by atoms with van der Waals surface area (Å²) < 4.78 is 9.52. The van der Waals surface area contributed by atoms with E-state index in [-0.39, 0.29) is 15.8 Å². The van der Waals surface area contributed by atoms with Crippen molar-refractivity contribution >= 4 is 53.7 Å². The van der Waals surface area contributed by atoms with E-state index in [1.807, 2.05) is 24.3 Å². The number of anilines is 2. The summed E-state index contributed by atoms with van der Waals surface area (Å²) in [7, 11) is 3.46. The Morgan fingerprint density at radius 3 is 1.77 bits per heavy atom. The van der Waals surface area contributed by atoms with Gasteiger partial charge in [-0.15, -0.1) is 10.2 Å². The van der Waals surface area contributed by atoms with Crippen LogP contribution in [-0.4, -0.2) is 74.4 Å². The quantitative estimate of drug-likeness (QED) is 0.126. The fourth-order valence-electron chi connectivity index (χ4n) is 3.19.